The number of nitrogens with zero attached hydrogens (tertiary/aromatic N) is 6. The molecule has 3 aromatic rings. The van der Waals surface area contributed by atoms with Crippen molar-refractivity contribution in [1.29, 1.82) is 0 Å². The largest absolute Gasteiger partial charge is 0.416 e. The summed E-state index contributed by atoms with van der Waals surface area (Å²) in [6.45, 7) is 5.21. The number of morpholine rings is 1. The number of carbonyl (C=O) groups is 1. The summed E-state index contributed by atoms with van der Waals surface area (Å²) in [7, 11) is 0. The van der Waals surface area contributed by atoms with Crippen LogP contribution in [0.1, 0.15) is 12.0 Å². The molecule has 2 aromatic heterocycles. The van der Waals surface area contributed by atoms with E-state index >= 15 is 0 Å². The Morgan fingerprint density at radius 1 is 1.14 bits per heavy atom. The molecule has 2 N–H and O–H groups in total. The second kappa shape index (κ2) is 8.89. The number of fused-ring (bicyclic) bond motifs is 1. The van der Waals surface area contributed by atoms with E-state index in [1.807, 2.05) is 0 Å². The van der Waals surface area contributed by atoms with E-state index in [2.05, 4.69) is 30.5 Å². The minimum Gasteiger partial charge on any atom is -0.379 e. The van der Waals surface area contributed by atoms with Crippen molar-refractivity contribution in [2.45, 2.75) is 24.7 Å². The smallest absolute Gasteiger partial charge is 0.379 e. The standard InChI is InChI=1S/C23H25F3N8O2/c24-23(25,26)14-2-1-3-16(8-14)34-21-18(11-28-34)20(30-22(31-21)29-15-9-19(35)27-10-15)33-12-17(13-33)32-4-6-36-7-5-32/h1-3,8,11,15,17H,4-7,9-10,12-13H2,(H,27,35)(H,29,30,31)/t15-/m0/s1. The normalized spacial score (nSPS) is 21.6. The number of anilines is 2. The van der Waals surface area contributed by atoms with E-state index in [-0.39, 0.29) is 17.6 Å². The molecule has 1 aromatic carbocycles. The van der Waals surface area contributed by atoms with Gasteiger partial charge in [-0.1, -0.05) is 6.07 Å². The van der Waals surface area contributed by atoms with Crippen LogP contribution >= 0.6 is 0 Å². The van der Waals surface area contributed by atoms with E-state index in [1.54, 1.807) is 12.3 Å². The minimum absolute atomic E-state index is 0.0566. The first kappa shape index (κ1) is 23.0. The van der Waals surface area contributed by atoms with Gasteiger partial charge in [0.15, 0.2) is 5.65 Å². The molecule has 190 valence electrons. The molecule has 0 aliphatic carbocycles. The van der Waals surface area contributed by atoms with E-state index in [4.69, 9.17) is 9.72 Å². The fraction of sp³-hybridized carbons (Fsp3) is 0.478. The summed E-state index contributed by atoms with van der Waals surface area (Å²) >= 11 is 0. The molecule has 1 atom stereocenters. The highest BCUT2D eigenvalue weighted by molar-refractivity contribution is 5.89. The van der Waals surface area contributed by atoms with Crippen LogP contribution in [-0.2, 0) is 15.7 Å². The maximum absolute atomic E-state index is 13.3. The summed E-state index contributed by atoms with van der Waals surface area (Å²) in [4.78, 5) is 25.5. The van der Waals surface area contributed by atoms with Gasteiger partial charge in [0.25, 0.3) is 0 Å². The molecule has 1 amide bonds. The molecule has 0 spiro atoms. The van der Waals surface area contributed by atoms with Gasteiger partial charge in [0.1, 0.15) is 5.82 Å². The van der Waals surface area contributed by atoms with Gasteiger partial charge in [-0.3, -0.25) is 9.69 Å². The molecule has 3 saturated heterocycles. The van der Waals surface area contributed by atoms with Gasteiger partial charge in [-0.25, -0.2) is 4.68 Å². The lowest BCUT2D eigenvalue weighted by Gasteiger charge is -2.47. The Labute approximate surface area is 204 Å². The van der Waals surface area contributed by atoms with Crippen LogP contribution in [0.25, 0.3) is 16.7 Å². The average molecular weight is 503 g/mol. The number of aromatic nitrogens is 4. The van der Waals surface area contributed by atoms with Gasteiger partial charge in [-0.15, -0.1) is 0 Å². The molecule has 36 heavy (non-hydrogen) atoms. The van der Waals surface area contributed by atoms with Gasteiger partial charge >= 0.3 is 6.18 Å². The van der Waals surface area contributed by atoms with Crippen LogP contribution in [0, 0.1) is 0 Å². The van der Waals surface area contributed by atoms with Gasteiger partial charge in [-0.05, 0) is 18.2 Å². The van der Waals surface area contributed by atoms with E-state index in [1.165, 1.54) is 10.7 Å². The van der Waals surface area contributed by atoms with Crippen LogP contribution in [0.2, 0.25) is 0 Å². The number of amides is 1. The van der Waals surface area contributed by atoms with E-state index in [0.29, 0.717) is 41.8 Å². The number of hydrogen-bond acceptors (Lipinski definition) is 8. The molecule has 0 bridgehead atoms. The number of ether oxygens (including phenoxy) is 1. The third-order valence-electron chi connectivity index (χ3n) is 6.86. The fourth-order valence-corrected chi connectivity index (χ4v) is 4.89. The molecule has 3 fully saturated rings. The lowest BCUT2D eigenvalue weighted by atomic mass is 10.1. The Morgan fingerprint density at radius 3 is 2.67 bits per heavy atom. The lowest BCUT2D eigenvalue weighted by Crippen LogP contribution is -2.61. The molecule has 3 aliphatic heterocycles. The van der Waals surface area contributed by atoms with Gasteiger partial charge < -0.3 is 20.3 Å². The maximum Gasteiger partial charge on any atom is 0.416 e. The predicted molar refractivity (Wildman–Crippen MR) is 125 cm³/mol. The van der Waals surface area contributed by atoms with Gasteiger partial charge in [-0.2, -0.15) is 28.2 Å². The first-order chi connectivity index (χ1) is 17.3. The highest BCUT2D eigenvalue weighted by Crippen LogP contribution is 2.34. The second-order valence-electron chi connectivity index (χ2n) is 9.27. The van der Waals surface area contributed by atoms with Crippen LogP contribution in [0.3, 0.4) is 0 Å². The molecule has 0 saturated carbocycles. The van der Waals surface area contributed by atoms with Gasteiger partial charge in [0, 0.05) is 45.2 Å². The molecular formula is C23H25F3N8O2. The van der Waals surface area contributed by atoms with Crippen LogP contribution in [-0.4, -0.2) is 88.6 Å². The summed E-state index contributed by atoms with van der Waals surface area (Å²) in [6.07, 6.45) is -2.58. The molecule has 5 heterocycles. The number of rotatable bonds is 5. The van der Waals surface area contributed by atoms with E-state index in [9.17, 15) is 18.0 Å². The Balaban J connectivity index is 1.35. The second-order valence-corrected chi connectivity index (χ2v) is 9.27. The van der Waals surface area contributed by atoms with Crippen molar-refractivity contribution in [2.75, 3.05) is 56.2 Å². The van der Waals surface area contributed by atoms with Crippen molar-refractivity contribution in [1.82, 2.24) is 30.0 Å². The maximum atomic E-state index is 13.3. The molecule has 0 radical (unpaired) electrons. The number of halogens is 3. The Morgan fingerprint density at radius 2 is 1.94 bits per heavy atom. The molecule has 3 aliphatic rings. The highest BCUT2D eigenvalue weighted by Gasteiger charge is 2.35. The van der Waals surface area contributed by atoms with E-state index < -0.39 is 11.7 Å². The Kier molecular flexibility index (Phi) is 5.67. The van der Waals surface area contributed by atoms with Crippen molar-refractivity contribution >= 4 is 28.7 Å². The number of alkyl halides is 3. The Bertz CT molecular complexity index is 1280. The van der Waals surface area contributed by atoms with Crippen LogP contribution in [0.4, 0.5) is 24.9 Å². The van der Waals surface area contributed by atoms with E-state index in [0.717, 1.165) is 51.5 Å². The zero-order valence-corrected chi connectivity index (χ0v) is 19.3. The SMILES string of the molecule is O=C1C[C@H](Nc2nc(N3CC(N4CCOCC4)C3)c3cnn(-c4cccc(C(F)(F)F)c4)c3n2)CN1. The number of hydrogen-bond donors (Lipinski definition) is 2. The van der Waals surface area contributed by atoms with Crippen LogP contribution in [0.5, 0.6) is 0 Å². The number of benzene rings is 1. The number of nitrogens with one attached hydrogen (secondary N) is 2. The topological polar surface area (TPSA) is 100 Å². The van der Waals surface area contributed by atoms with Gasteiger partial charge in [0.05, 0.1) is 42.1 Å². The van der Waals surface area contributed by atoms with Crippen molar-refractivity contribution in [3.8, 4) is 5.69 Å². The quantitative estimate of drug-likeness (QED) is 0.544. The van der Waals surface area contributed by atoms with Crippen LogP contribution in [0.15, 0.2) is 30.5 Å². The third kappa shape index (κ3) is 4.32. The fourth-order valence-electron chi connectivity index (χ4n) is 4.89. The monoisotopic (exact) mass is 502 g/mol. The van der Waals surface area contributed by atoms with Crippen LogP contribution < -0.4 is 15.5 Å². The lowest BCUT2D eigenvalue weighted by molar-refractivity contribution is -0.137. The molecule has 6 rings (SSSR count). The number of carbonyl (C=O) groups excluding carboxylic acids is 1. The average Bonchev–Trinajstić information content (AvgIpc) is 3.44. The summed E-state index contributed by atoms with van der Waals surface area (Å²) in [5.41, 5.74) is -0.111. The minimum atomic E-state index is -4.47. The summed E-state index contributed by atoms with van der Waals surface area (Å²) in [5, 5.41) is 11.0. The summed E-state index contributed by atoms with van der Waals surface area (Å²) in [6, 6.07) is 5.20. The third-order valence-corrected chi connectivity index (χ3v) is 6.86. The Hall–Kier alpha value is -3.45. The molecule has 0 unspecified atom stereocenters. The van der Waals surface area contributed by atoms with Gasteiger partial charge in [0.2, 0.25) is 11.9 Å². The summed E-state index contributed by atoms with van der Waals surface area (Å²) in [5.74, 6) is 0.920. The molecule has 10 nitrogen and oxygen atoms in total. The predicted octanol–water partition coefficient (Wildman–Crippen LogP) is 1.66. The first-order valence-electron chi connectivity index (χ1n) is 11.9. The zero-order chi connectivity index (χ0) is 24.9. The molecule has 13 heteroatoms. The highest BCUT2D eigenvalue weighted by atomic mass is 19.4. The molecular weight excluding hydrogens is 477 g/mol. The zero-order valence-electron chi connectivity index (χ0n) is 19.3. The van der Waals surface area contributed by atoms with Crippen molar-refractivity contribution < 1.29 is 22.7 Å². The van der Waals surface area contributed by atoms with Crippen molar-refractivity contribution in [2.24, 2.45) is 0 Å². The van der Waals surface area contributed by atoms with Crippen molar-refractivity contribution in [3.63, 3.8) is 0 Å². The van der Waals surface area contributed by atoms with Crippen molar-refractivity contribution in [3.05, 3.63) is 36.0 Å². The first-order valence-corrected chi connectivity index (χ1v) is 11.9. The summed E-state index contributed by atoms with van der Waals surface area (Å²) < 4.78 is 46.9.